The van der Waals surface area contributed by atoms with Crippen LogP contribution in [0.2, 0.25) is 0 Å². The Morgan fingerprint density at radius 1 is 1.35 bits per heavy atom. The third kappa shape index (κ3) is 2.67. The van der Waals surface area contributed by atoms with Crippen LogP contribution in [0.1, 0.15) is 18.3 Å². The maximum absolute atomic E-state index is 5.86. The van der Waals surface area contributed by atoms with Crippen molar-refractivity contribution < 1.29 is 18.7 Å². The molecule has 7 nitrogen and oxygen atoms in total. The van der Waals surface area contributed by atoms with E-state index in [9.17, 15) is 0 Å². The Kier molecular flexibility index (Phi) is 3.42. The van der Waals surface area contributed by atoms with Gasteiger partial charge in [0.2, 0.25) is 19.0 Å². The van der Waals surface area contributed by atoms with Crippen molar-refractivity contribution in [3.63, 3.8) is 0 Å². The number of ether oxygens (including phenoxy) is 3. The van der Waals surface area contributed by atoms with Crippen molar-refractivity contribution in [3.05, 3.63) is 29.9 Å². The maximum Gasteiger partial charge on any atom is 0.231 e. The van der Waals surface area contributed by atoms with Crippen LogP contribution in [0.3, 0.4) is 0 Å². The Bertz CT molecular complexity index is 584. The molecule has 0 aliphatic carbocycles. The summed E-state index contributed by atoms with van der Waals surface area (Å²) in [6.07, 6.45) is 1.94. The molecule has 1 aromatic carbocycles. The SMILES string of the molecule is CC(N)Cc1cc2c(cc1OCc1ncon1)OCO2. The van der Waals surface area contributed by atoms with Gasteiger partial charge in [-0.1, -0.05) is 5.16 Å². The van der Waals surface area contributed by atoms with Gasteiger partial charge in [-0.15, -0.1) is 0 Å². The summed E-state index contributed by atoms with van der Waals surface area (Å²) in [7, 11) is 0. The summed E-state index contributed by atoms with van der Waals surface area (Å²) >= 11 is 0. The van der Waals surface area contributed by atoms with Crippen LogP contribution in [0, 0.1) is 0 Å². The topological polar surface area (TPSA) is 92.6 Å². The van der Waals surface area contributed by atoms with Crippen molar-refractivity contribution in [2.24, 2.45) is 5.73 Å². The molecule has 0 spiro atoms. The highest BCUT2D eigenvalue weighted by atomic mass is 16.7. The number of nitrogens with two attached hydrogens (primary N) is 1. The van der Waals surface area contributed by atoms with Crippen LogP contribution in [-0.2, 0) is 13.0 Å². The van der Waals surface area contributed by atoms with Crippen LogP contribution in [0.5, 0.6) is 17.2 Å². The molecule has 1 atom stereocenters. The van der Waals surface area contributed by atoms with Crippen LogP contribution in [0.25, 0.3) is 0 Å². The fourth-order valence-electron chi connectivity index (χ4n) is 2.00. The molecule has 1 unspecified atom stereocenters. The average Bonchev–Trinajstić information content (AvgIpc) is 3.05. The molecule has 0 bridgehead atoms. The van der Waals surface area contributed by atoms with E-state index in [1.807, 2.05) is 13.0 Å². The van der Waals surface area contributed by atoms with E-state index >= 15 is 0 Å². The van der Waals surface area contributed by atoms with Crippen molar-refractivity contribution in [3.8, 4) is 17.2 Å². The zero-order chi connectivity index (χ0) is 13.9. The molecule has 1 aliphatic rings. The highest BCUT2D eigenvalue weighted by Gasteiger charge is 2.19. The molecule has 106 valence electrons. The predicted octanol–water partition coefficient (Wildman–Crippen LogP) is 1.27. The number of aromatic nitrogens is 2. The van der Waals surface area contributed by atoms with E-state index < -0.39 is 0 Å². The number of benzene rings is 1. The standard InChI is InChI=1S/C13H15N3O4/c1-8(14)2-9-3-11-12(19-7-18-11)4-10(9)17-5-13-15-6-20-16-13/h3-4,6,8H,2,5,7,14H2,1H3. The third-order valence-electron chi connectivity index (χ3n) is 2.86. The van der Waals surface area contributed by atoms with Gasteiger partial charge in [-0.3, -0.25) is 0 Å². The van der Waals surface area contributed by atoms with Gasteiger partial charge in [-0.05, 0) is 25.0 Å². The van der Waals surface area contributed by atoms with Crippen molar-refractivity contribution in [1.82, 2.24) is 10.1 Å². The summed E-state index contributed by atoms with van der Waals surface area (Å²) in [5.41, 5.74) is 6.83. The van der Waals surface area contributed by atoms with Gasteiger partial charge in [0.15, 0.2) is 18.1 Å². The van der Waals surface area contributed by atoms with E-state index in [1.54, 1.807) is 6.07 Å². The maximum atomic E-state index is 5.86. The molecule has 20 heavy (non-hydrogen) atoms. The number of fused-ring (bicyclic) bond motifs is 1. The minimum atomic E-state index is 0.0166. The molecular formula is C13H15N3O4. The average molecular weight is 277 g/mol. The molecule has 0 fully saturated rings. The van der Waals surface area contributed by atoms with E-state index in [0.29, 0.717) is 29.5 Å². The minimum Gasteiger partial charge on any atom is -0.485 e. The zero-order valence-corrected chi connectivity index (χ0v) is 11.0. The van der Waals surface area contributed by atoms with E-state index in [4.69, 9.17) is 19.9 Å². The third-order valence-corrected chi connectivity index (χ3v) is 2.86. The molecule has 7 heteroatoms. The summed E-state index contributed by atoms with van der Waals surface area (Å²) in [5.74, 6) is 2.56. The Morgan fingerprint density at radius 2 is 2.15 bits per heavy atom. The van der Waals surface area contributed by atoms with Gasteiger partial charge in [0.1, 0.15) is 5.75 Å². The van der Waals surface area contributed by atoms with E-state index in [-0.39, 0.29) is 19.4 Å². The quantitative estimate of drug-likeness (QED) is 0.879. The van der Waals surface area contributed by atoms with Crippen LogP contribution < -0.4 is 19.9 Å². The second-order valence-electron chi connectivity index (χ2n) is 4.63. The van der Waals surface area contributed by atoms with Gasteiger partial charge < -0.3 is 24.5 Å². The smallest absolute Gasteiger partial charge is 0.231 e. The largest absolute Gasteiger partial charge is 0.485 e. The summed E-state index contributed by atoms with van der Waals surface area (Å²) in [5, 5.41) is 3.70. The molecule has 1 aliphatic heterocycles. The van der Waals surface area contributed by atoms with Gasteiger partial charge in [-0.25, -0.2) is 0 Å². The van der Waals surface area contributed by atoms with Crippen molar-refractivity contribution >= 4 is 0 Å². The first kappa shape index (κ1) is 12.7. The van der Waals surface area contributed by atoms with E-state index in [2.05, 4.69) is 14.7 Å². The monoisotopic (exact) mass is 277 g/mol. The molecule has 1 aromatic heterocycles. The fourth-order valence-corrected chi connectivity index (χ4v) is 2.00. The van der Waals surface area contributed by atoms with Crippen LogP contribution in [0.15, 0.2) is 23.0 Å². The minimum absolute atomic E-state index is 0.0166. The summed E-state index contributed by atoms with van der Waals surface area (Å²) in [6.45, 7) is 2.39. The predicted molar refractivity (Wildman–Crippen MR) is 68.5 cm³/mol. The molecule has 2 aromatic rings. The number of rotatable bonds is 5. The summed E-state index contributed by atoms with van der Waals surface area (Å²) < 4.78 is 21.1. The lowest BCUT2D eigenvalue weighted by Crippen LogP contribution is -2.18. The normalized spacial score (nSPS) is 14.3. The summed E-state index contributed by atoms with van der Waals surface area (Å²) in [4.78, 5) is 3.91. The number of hydrogen-bond acceptors (Lipinski definition) is 7. The van der Waals surface area contributed by atoms with Gasteiger partial charge >= 0.3 is 0 Å². The molecule has 2 heterocycles. The van der Waals surface area contributed by atoms with Crippen molar-refractivity contribution in [2.45, 2.75) is 26.0 Å². The molecule has 0 saturated heterocycles. The first-order chi connectivity index (χ1) is 9.72. The highest BCUT2D eigenvalue weighted by molar-refractivity contribution is 5.52. The first-order valence-corrected chi connectivity index (χ1v) is 6.28. The Balaban J connectivity index is 1.83. The Labute approximate surface area is 115 Å². The lowest BCUT2D eigenvalue weighted by Gasteiger charge is -2.13. The van der Waals surface area contributed by atoms with Gasteiger partial charge in [0, 0.05) is 12.1 Å². The van der Waals surface area contributed by atoms with Gasteiger partial charge in [-0.2, -0.15) is 4.98 Å². The Hall–Kier alpha value is -2.28. The number of nitrogens with zero attached hydrogens (tertiary/aromatic N) is 2. The number of hydrogen-bond donors (Lipinski definition) is 1. The van der Waals surface area contributed by atoms with E-state index in [1.165, 1.54) is 6.39 Å². The van der Waals surface area contributed by atoms with Crippen molar-refractivity contribution in [2.75, 3.05) is 6.79 Å². The van der Waals surface area contributed by atoms with Gasteiger partial charge in [0.25, 0.3) is 0 Å². The second-order valence-corrected chi connectivity index (χ2v) is 4.63. The summed E-state index contributed by atoms with van der Waals surface area (Å²) in [6, 6.07) is 3.72. The zero-order valence-electron chi connectivity index (χ0n) is 11.0. The lowest BCUT2D eigenvalue weighted by atomic mass is 10.1. The van der Waals surface area contributed by atoms with Crippen LogP contribution in [0.4, 0.5) is 0 Å². The second kappa shape index (κ2) is 5.38. The molecule has 3 rings (SSSR count). The van der Waals surface area contributed by atoms with Crippen LogP contribution >= 0.6 is 0 Å². The Morgan fingerprint density at radius 3 is 2.85 bits per heavy atom. The van der Waals surface area contributed by atoms with Crippen LogP contribution in [-0.4, -0.2) is 23.0 Å². The molecule has 0 amide bonds. The molecular weight excluding hydrogens is 262 g/mol. The highest BCUT2D eigenvalue weighted by Crippen LogP contribution is 2.38. The first-order valence-electron chi connectivity index (χ1n) is 6.28. The molecule has 0 radical (unpaired) electrons. The van der Waals surface area contributed by atoms with E-state index in [0.717, 1.165) is 5.56 Å². The van der Waals surface area contributed by atoms with Gasteiger partial charge in [0.05, 0.1) is 0 Å². The molecule has 0 saturated carbocycles. The lowest BCUT2D eigenvalue weighted by molar-refractivity contribution is 0.173. The molecule has 2 N–H and O–H groups in total. The fraction of sp³-hybridized carbons (Fsp3) is 0.385. The van der Waals surface area contributed by atoms with Crippen molar-refractivity contribution in [1.29, 1.82) is 0 Å².